The lowest BCUT2D eigenvalue weighted by molar-refractivity contribution is -0.143. The van der Waals surface area contributed by atoms with Crippen molar-refractivity contribution in [2.75, 3.05) is 26.7 Å². The molecule has 1 aliphatic rings. The standard InChI is InChI=1S/C27H29F3N6O3/c1-15-13-34(14-22-17(3)33-39-18(22)4)10-11-35(15)26(37)21-12-31-36-24(27(28,29)30)16(2)23(32-25(21)36)19-6-8-20(38-5)9-7-19/h6-9,12,15H,10-11,13-14H2,1-5H3/t15-/m1/s1. The van der Waals surface area contributed by atoms with E-state index in [2.05, 4.69) is 20.1 Å². The largest absolute Gasteiger partial charge is 0.497 e. The van der Waals surface area contributed by atoms with Gasteiger partial charge < -0.3 is 14.2 Å². The molecule has 0 radical (unpaired) electrons. The Morgan fingerprint density at radius 1 is 1.15 bits per heavy atom. The number of ether oxygens (including phenoxy) is 1. The highest BCUT2D eigenvalue weighted by atomic mass is 19.4. The van der Waals surface area contributed by atoms with Crippen LogP contribution < -0.4 is 4.74 Å². The van der Waals surface area contributed by atoms with Crippen LogP contribution in [0.1, 0.15) is 45.6 Å². The van der Waals surface area contributed by atoms with Crippen LogP contribution in [-0.4, -0.2) is 68.2 Å². The number of carbonyl (C=O) groups is 1. The second kappa shape index (κ2) is 9.99. The molecule has 1 aliphatic heterocycles. The molecule has 12 heteroatoms. The molecule has 0 spiro atoms. The number of nitrogens with zero attached hydrogens (tertiary/aromatic N) is 6. The predicted molar refractivity (Wildman–Crippen MR) is 136 cm³/mol. The Kier molecular flexibility index (Phi) is 6.83. The zero-order valence-electron chi connectivity index (χ0n) is 22.3. The van der Waals surface area contributed by atoms with Crippen molar-refractivity contribution in [2.24, 2.45) is 0 Å². The molecule has 5 rings (SSSR count). The molecule has 4 aromatic rings. The van der Waals surface area contributed by atoms with E-state index in [4.69, 9.17) is 9.26 Å². The van der Waals surface area contributed by atoms with E-state index in [-0.39, 0.29) is 28.5 Å². The molecule has 0 saturated carbocycles. The average Bonchev–Trinajstić information content (AvgIpc) is 3.45. The molecule has 0 bridgehead atoms. The van der Waals surface area contributed by atoms with E-state index >= 15 is 0 Å². The van der Waals surface area contributed by atoms with Crippen LogP contribution in [0.5, 0.6) is 5.75 Å². The Labute approximate surface area is 223 Å². The third-order valence-corrected chi connectivity index (χ3v) is 7.28. The molecule has 0 N–H and O–H groups in total. The number of fused-ring (bicyclic) bond motifs is 1. The SMILES string of the molecule is COc1ccc(-c2nc3c(C(=O)N4CCN(Cc5c(C)noc5C)C[C@H]4C)cnn3c(C(F)(F)F)c2C)cc1. The van der Waals surface area contributed by atoms with Crippen LogP contribution in [0.4, 0.5) is 13.2 Å². The third-order valence-electron chi connectivity index (χ3n) is 7.28. The molecule has 39 heavy (non-hydrogen) atoms. The summed E-state index contributed by atoms with van der Waals surface area (Å²) in [4.78, 5) is 22.1. The number of aromatic nitrogens is 4. The lowest BCUT2D eigenvalue weighted by Crippen LogP contribution is -2.53. The molecule has 9 nitrogen and oxygen atoms in total. The minimum atomic E-state index is -4.71. The first-order chi connectivity index (χ1) is 18.5. The van der Waals surface area contributed by atoms with Gasteiger partial charge in [0.2, 0.25) is 0 Å². The summed E-state index contributed by atoms with van der Waals surface area (Å²) in [6.07, 6.45) is -3.53. The van der Waals surface area contributed by atoms with Crippen molar-refractivity contribution >= 4 is 11.6 Å². The summed E-state index contributed by atoms with van der Waals surface area (Å²) < 4.78 is 53.9. The van der Waals surface area contributed by atoms with Crippen LogP contribution in [0.2, 0.25) is 0 Å². The number of rotatable bonds is 5. The first-order valence-electron chi connectivity index (χ1n) is 12.5. The van der Waals surface area contributed by atoms with Crippen LogP contribution in [0.15, 0.2) is 35.0 Å². The summed E-state index contributed by atoms with van der Waals surface area (Å²) >= 11 is 0. The molecule has 1 atom stereocenters. The van der Waals surface area contributed by atoms with E-state index < -0.39 is 17.8 Å². The lowest BCUT2D eigenvalue weighted by Gasteiger charge is -2.39. The fourth-order valence-corrected chi connectivity index (χ4v) is 5.17. The number of piperazine rings is 1. The van der Waals surface area contributed by atoms with Crippen LogP contribution in [0, 0.1) is 20.8 Å². The first kappa shape index (κ1) is 26.7. The number of carbonyl (C=O) groups excluding carboxylic acids is 1. The highest BCUT2D eigenvalue weighted by Crippen LogP contribution is 2.37. The molecule has 3 aromatic heterocycles. The van der Waals surface area contributed by atoms with E-state index in [1.807, 2.05) is 20.8 Å². The molecule has 0 aliphatic carbocycles. The van der Waals surface area contributed by atoms with E-state index in [1.54, 1.807) is 29.2 Å². The molecule has 1 amide bonds. The van der Waals surface area contributed by atoms with Crippen molar-refractivity contribution in [1.29, 1.82) is 0 Å². The van der Waals surface area contributed by atoms with Crippen molar-refractivity contribution in [2.45, 2.75) is 46.5 Å². The van der Waals surface area contributed by atoms with Crippen molar-refractivity contribution in [3.05, 3.63) is 64.3 Å². The smallest absolute Gasteiger partial charge is 0.433 e. The summed E-state index contributed by atoms with van der Waals surface area (Å²) in [6.45, 7) is 9.28. The number of hydrogen-bond acceptors (Lipinski definition) is 7. The molecule has 1 fully saturated rings. The summed E-state index contributed by atoms with van der Waals surface area (Å²) in [5, 5.41) is 7.98. The number of alkyl halides is 3. The maximum atomic E-state index is 14.3. The van der Waals surface area contributed by atoms with Crippen LogP contribution in [0.3, 0.4) is 0 Å². The zero-order chi connectivity index (χ0) is 28.1. The summed E-state index contributed by atoms with van der Waals surface area (Å²) in [6, 6.07) is 6.40. The van der Waals surface area contributed by atoms with Gasteiger partial charge in [-0.1, -0.05) is 5.16 Å². The number of hydrogen-bond donors (Lipinski definition) is 0. The van der Waals surface area contributed by atoms with Gasteiger partial charge in [-0.05, 0) is 52.0 Å². The molecule has 4 heterocycles. The van der Waals surface area contributed by atoms with E-state index in [9.17, 15) is 18.0 Å². The van der Waals surface area contributed by atoms with Crippen LogP contribution >= 0.6 is 0 Å². The Hall–Kier alpha value is -3.93. The van der Waals surface area contributed by atoms with Gasteiger partial charge in [-0.3, -0.25) is 9.69 Å². The third kappa shape index (κ3) is 4.84. The molecular formula is C27H29F3N6O3. The number of amides is 1. The van der Waals surface area contributed by atoms with Gasteiger partial charge in [-0.25, -0.2) is 9.50 Å². The number of aryl methyl sites for hydroxylation is 2. The second-order valence-corrected chi connectivity index (χ2v) is 9.84. The lowest BCUT2D eigenvalue weighted by atomic mass is 10.0. The minimum Gasteiger partial charge on any atom is -0.497 e. The topological polar surface area (TPSA) is 89.0 Å². The molecule has 1 saturated heterocycles. The van der Waals surface area contributed by atoms with Gasteiger partial charge in [0.1, 0.15) is 17.1 Å². The van der Waals surface area contributed by atoms with Crippen molar-refractivity contribution in [3.63, 3.8) is 0 Å². The Balaban J connectivity index is 1.48. The highest BCUT2D eigenvalue weighted by Gasteiger charge is 2.39. The summed E-state index contributed by atoms with van der Waals surface area (Å²) in [5.41, 5.74) is 1.31. The summed E-state index contributed by atoms with van der Waals surface area (Å²) in [5.74, 6) is 0.926. The van der Waals surface area contributed by atoms with Gasteiger partial charge >= 0.3 is 6.18 Å². The van der Waals surface area contributed by atoms with Gasteiger partial charge in [0.25, 0.3) is 5.91 Å². The van der Waals surface area contributed by atoms with Crippen molar-refractivity contribution < 1.29 is 27.2 Å². The predicted octanol–water partition coefficient (Wildman–Crippen LogP) is 4.68. The number of benzene rings is 1. The Morgan fingerprint density at radius 3 is 2.46 bits per heavy atom. The Bertz CT molecular complexity index is 1510. The van der Waals surface area contributed by atoms with Crippen molar-refractivity contribution in [3.8, 4) is 17.0 Å². The average molecular weight is 543 g/mol. The van der Waals surface area contributed by atoms with E-state index in [0.717, 1.165) is 21.5 Å². The van der Waals surface area contributed by atoms with E-state index in [0.29, 0.717) is 37.5 Å². The second-order valence-electron chi connectivity index (χ2n) is 9.84. The van der Waals surface area contributed by atoms with Crippen LogP contribution in [0.25, 0.3) is 16.9 Å². The van der Waals surface area contributed by atoms with Gasteiger partial charge in [0.05, 0.1) is 24.7 Å². The summed E-state index contributed by atoms with van der Waals surface area (Å²) in [7, 11) is 1.51. The zero-order valence-corrected chi connectivity index (χ0v) is 22.3. The molecule has 206 valence electrons. The van der Waals surface area contributed by atoms with Gasteiger partial charge in [-0.15, -0.1) is 0 Å². The van der Waals surface area contributed by atoms with Crippen molar-refractivity contribution in [1.82, 2.24) is 29.6 Å². The fraction of sp³-hybridized carbons (Fsp3) is 0.407. The maximum absolute atomic E-state index is 14.3. The van der Waals surface area contributed by atoms with Crippen LogP contribution in [-0.2, 0) is 12.7 Å². The first-order valence-corrected chi connectivity index (χ1v) is 12.5. The molecule has 1 aromatic carbocycles. The monoisotopic (exact) mass is 542 g/mol. The minimum absolute atomic E-state index is 0.0290. The Morgan fingerprint density at radius 2 is 1.87 bits per heavy atom. The number of methoxy groups -OCH3 is 1. The number of halogens is 3. The van der Waals surface area contributed by atoms with Gasteiger partial charge in [0.15, 0.2) is 11.3 Å². The molecular weight excluding hydrogens is 513 g/mol. The maximum Gasteiger partial charge on any atom is 0.433 e. The van der Waals surface area contributed by atoms with Gasteiger partial charge in [-0.2, -0.15) is 18.3 Å². The molecule has 0 unspecified atom stereocenters. The normalized spacial score (nSPS) is 16.7. The van der Waals surface area contributed by atoms with Gasteiger partial charge in [0, 0.05) is 48.9 Å². The quantitative estimate of drug-likeness (QED) is 0.362. The fourth-order valence-electron chi connectivity index (χ4n) is 5.17. The van der Waals surface area contributed by atoms with E-state index in [1.165, 1.54) is 20.2 Å². The highest BCUT2D eigenvalue weighted by molar-refractivity contribution is 6.00.